The van der Waals surface area contributed by atoms with Crippen LogP contribution in [0.2, 0.25) is 0 Å². The Morgan fingerprint density at radius 1 is 1.14 bits per heavy atom. The average molecular weight is 316 g/mol. The van der Waals surface area contributed by atoms with Crippen LogP contribution in [0.3, 0.4) is 0 Å². The van der Waals surface area contributed by atoms with Crippen LogP contribution in [0.4, 0.5) is 18.9 Å². The van der Waals surface area contributed by atoms with Crippen molar-refractivity contribution in [1.29, 1.82) is 0 Å². The van der Waals surface area contributed by atoms with E-state index in [2.05, 4.69) is 15.3 Å². The number of nitrogens with one attached hydrogen (secondary N) is 1. The first-order chi connectivity index (χ1) is 10.6. The first kappa shape index (κ1) is 18.0. The summed E-state index contributed by atoms with van der Waals surface area (Å²) < 4.78 is 44.1. The summed E-state index contributed by atoms with van der Waals surface area (Å²) in [5.41, 5.74) is 1.18. The molecule has 1 N–H and O–H groups in total. The number of nitrogens with zero attached hydrogens (tertiary/aromatic N) is 1. The highest BCUT2D eigenvalue weighted by Gasteiger charge is 2.37. The van der Waals surface area contributed by atoms with Crippen LogP contribution in [0.1, 0.15) is 12.8 Å². The molecule has 0 spiro atoms. The van der Waals surface area contributed by atoms with Gasteiger partial charge in [-0.05, 0) is 18.6 Å². The van der Waals surface area contributed by atoms with Crippen molar-refractivity contribution in [3.8, 4) is 0 Å². The van der Waals surface area contributed by atoms with Crippen molar-refractivity contribution < 1.29 is 22.7 Å². The molecule has 7 heteroatoms. The van der Waals surface area contributed by atoms with Crippen molar-refractivity contribution in [2.24, 2.45) is 10.5 Å². The summed E-state index contributed by atoms with van der Waals surface area (Å²) in [6, 6.07) is 8.69. The van der Waals surface area contributed by atoms with E-state index in [0.717, 1.165) is 0 Å². The van der Waals surface area contributed by atoms with Crippen molar-refractivity contribution in [3.63, 3.8) is 0 Å². The summed E-state index contributed by atoms with van der Waals surface area (Å²) in [6.45, 7) is -3.72. The van der Waals surface area contributed by atoms with Gasteiger partial charge >= 0.3 is 5.97 Å². The van der Waals surface area contributed by atoms with Crippen molar-refractivity contribution in [1.82, 2.24) is 0 Å². The lowest BCUT2D eigenvalue weighted by Crippen LogP contribution is -2.39. The van der Waals surface area contributed by atoms with Crippen LogP contribution >= 0.6 is 0 Å². The van der Waals surface area contributed by atoms with Crippen LogP contribution in [0.25, 0.3) is 0 Å². The summed E-state index contributed by atoms with van der Waals surface area (Å²) in [5.74, 6) is -0.558. The number of carbonyl (C=O) groups excluding carboxylic acids is 1. The lowest BCUT2D eigenvalue weighted by atomic mass is 9.84. The Balaban J connectivity index is 2.96. The third kappa shape index (κ3) is 4.75. The fourth-order valence-electron chi connectivity index (χ4n) is 1.75. The number of anilines is 1. The molecule has 0 atom stereocenters. The molecule has 0 bridgehead atoms. The molecule has 22 heavy (non-hydrogen) atoms. The number of alkyl halides is 3. The van der Waals surface area contributed by atoms with E-state index in [1.165, 1.54) is 7.11 Å². The van der Waals surface area contributed by atoms with Crippen LogP contribution in [-0.4, -0.2) is 38.8 Å². The fraction of sp³-hybridized carbons (Fsp3) is 0.467. The number of esters is 1. The van der Waals surface area contributed by atoms with E-state index < -0.39 is 31.4 Å². The first-order valence-electron chi connectivity index (χ1n) is 6.74. The summed E-state index contributed by atoms with van der Waals surface area (Å²) >= 11 is 0. The molecule has 0 aliphatic carbocycles. The monoisotopic (exact) mass is 316 g/mol. The van der Waals surface area contributed by atoms with E-state index in [0.29, 0.717) is 5.69 Å². The fourth-order valence-corrected chi connectivity index (χ4v) is 1.75. The molecule has 4 nitrogen and oxygen atoms in total. The predicted molar refractivity (Wildman–Crippen MR) is 79.1 cm³/mol. The number of rotatable bonds is 9. The maximum atomic E-state index is 13.2. The molecule has 0 fully saturated rings. The number of para-hydroxylation sites is 1. The van der Waals surface area contributed by atoms with E-state index in [1.54, 1.807) is 30.3 Å². The van der Waals surface area contributed by atoms with E-state index in [-0.39, 0.29) is 18.6 Å². The number of methoxy groups -OCH3 is 1. The van der Waals surface area contributed by atoms with E-state index in [1.807, 2.05) is 0 Å². The molecule has 0 aliphatic heterocycles. The van der Waals surface area contributed by atoms with Gasteiger partial charge < -0.3 is 4.74 Å². The number of hydrazone groups is 1. The molecule has 122 valence electrons. The third-order valence-electron chi connectivity index (χ3n) is 3.27. The van der Waals surface area contributed by atoms with E-state index in [9.17, 15) is 18.0 Å². The smallest absolute Gasteiger partial charge is 0.305 e. The Hall–Kier alpha value is -2.05. The number of ether oxygens (including phenoxy) is 1. The Labute approximate surface area is 127 Å². The lowest BCUT2D eigenvalue weighted by molar-refractivity contribution is -0.140. The summed E-state index contributed by atoms with van der Waals surface area (Å²) in [5, 5.41) is 3.92. The van der Waals surface area contributed by atoms with Gasteiger partial charge in [0.2, 0.25) is 0 Å². The van der Waals surface area contributed by atoms with Gasteiger partial charge in [-0.15, -0.1) is 0 Å². The van der Waals surface area contributed by atoms with Gasteiger partial charge in [0.05, 0.1) is 30.3 Å². The quantitative estimate of drug-likeness (QED) is 0.432. The first-order valence-corrected chi connectivity index (χ1v) is 6.74. The lowest BCUT2D eigenvalue weighted by Gasteiger charge is -2.26. The Kier molecular flexibility index (Phi) is 7.42. The number of hydrogen-bond acceptors (Lipinski definition) is 4. The van der Waals surface area contributed by atoms with Crippen LogP contribution < -0.4 is 5.43 Å². The average Bonchev–Trinajstić information content (AvgIpc) is 2.58. The van der Waals surface area contributed by atoms with Crippen molar-refractivity contribution in [2.45, 2.75) is 12.8 Å². The molecule has 0 unspecified atom stereocenters. The Morgan fingerprint density at radius 3 is 2.23 bits per heavy atom. The number of carbonyl (C=O) groups is 1. The minimum Gasteiger partial charge on any atom is -0.469 e. The highest BCUT2D eigenvalue weighted by atomic mass is 19.1. The van der Waals surface area contributed by atoms with Crippen LogP contribution in [0.15, 0.2) is 35.4 Å². The minimum absolute atomic E-state index is 0.0748. The Bertz CT molecular complexity index is 483. The molecule has 1 rings (SSSR count). The normalized spacial score (nSPS) is 12.1. The molecule has 0 saturated heterocycles. The molecule has 0 heterocycles. The van der Waals surface area contributed by atoms with Crippen LogP contribution in [0, 0.1) is 5.41 Å². The van der Waals surface area contributed by atoms with Gasteiger partial charge in [-0.1, -0.05) is 18.2 Å². The molecule has 0 saturated carbocycles. The highest BCUT2D eigenvalue weighted by Crippen LogP contribution is 2.26. The predicted octanol–water partition coefficient (Wildman–Crippen LogP) is 3.30. The van der Waals surface area contributed by atoms with E-state index in [4.69, 9.17) is 0 Å². The van der Waals surface area contributed by atoms with Crippen molar-refractivity contribution in [3.05, 3.63) is 30.3 Å². The molecule has 1 aromatic carbocycles. The van der Waals surface area contributed by atoms with Gasteiger partial charge in [0.15, 0.2) is 0 Å². The van der Waals surface area contributed by atoms with Gasteiger partial charge in [0, 0.05) is 0 Å². The second kappa shape index (κ2) is 9.07. The largest absolute Gasteiger partial charge is 0.469 e. The maximum Gasteiger partial charge on any atom is 0.305 e. The molecule has 0 radical (unpaired) electrons. The second-order valence-corrected chi connectivity index (χ2v) is 4.79. The molecular formula is C15H19F3N2O2. The topological polar surface area (TPSA) is 50.7 Å². The molecule has 0 aliphatic rings. The third-order valence-corrected chi connectivity index (χ3v) is 3.27. The molecular weight excluding hydrogens is 297 g/mol. The van der Waals surface area contributed by atoms with E-state index >= 15 is 0 Å². The SMILES string of the molecule is COC(=O)CCC(=NNc1ccccc1)C(CF)(CF)CF. The van der Waals surface area contributed by atoms with Gasteiger partial charge in [-0.25, -0.2) is 13.2 Å². The van der Waals surface area contributed by atoms with Crippen molar-refractivity contribution >= 4 is 17.4 Å². The summed E-state index contributed by atoms with van der Waals surface area (Å²) in [4.78, 5) is 11.2. The molecule has 0 aromatic heterocycles. The zero-order valence-electron chi connectivity index (χ0n) is 12.3. The number of benzene rings is 1. The summed E-state index contributed by atoms with van der Waals surface area (Å²) in [7, 11) is 1.20. The van der Waals surface area contributed by atoms with Crippen LogP contribution in [-0.2, 0) is 9.53 Å². The highest BCUT2D eigenvalue weighted by molar-refractivity contribution is 5.93. The van der Waals surface area contributed by atoms with Gasteiger partial charge in [0.1, 0.15) is 20.0 Å². The summed E-state index contributed by atoms with van der Waals surface area (Å²) in [6.07, 6.45) is -0.224. The number of halogens is 3. The second-order valence-electron chi connectivity index (χ2n) is 4.79. The molecule has 0 amide bonds. The minimum atomic E-state index is -1.96. The van der Waals surface area contributed by atoms with Crippen molar-refractivity contribution in [2.75, 3.05) is 32.6 Å². The standard InChI is InChI=1S/C15H19F3N2O2/c1-22-14(21)8-7-13(15(9-16,10-17)11-18)20-19-12-5-3-2-4-6-12/h2-6,19H,7-11H2,1H3. The number of hydrogen-bond donors (Lipinski definition) is 1. The van der Waals surface area contributed by atoms with Gasteiger partial charge in [-0.2, -0.15) is 5.10 Å². The zero-order chi connectivity index (χ0) is 16.4. The van der Waals surface area contributed by atoms with Gasteiger partial charge in [0.25, 0.3) is 0 Å². The molecule has 1 aromatic rings. The maximum absolute atomic E-state index is 13.2. The van der Waals surface area contributed by atoms with Gasteiger partial charge in [-0.3, -0.25) is 10.2 Å². The van der Waals surface area contributed by atoms with Crippen LogP contribution in [0.5, 0.6) is 0 Å². The zero-order valence-corrected chi connectivity index (χ0v) is 12.3. The Morgan fingerprint density at radius 2 is 1.73 bits per heavy atom.